The number of aromatic nitrogens is 1. The summed E-state index contributed by atoms with van der Waals surface area (Å²) < 4.78 is 11.9. The van der Waals surface area contributed by atoms with Crippen LogP contribution in [-0.4, -0.2) is 16.2 Å². The maximum Gasteiger partial charge on any atom is 0.206 e. The van der Waals surface area contributed by atoms with Crippen molar-refractivity contribution in [3.8, 4) is 0 Å². The molecule has 6 heteroatoms. The van der Waals surface area contributed by atoms with E-state index in [1.54, 1.807) is 24.5 Å². The number of rotatable bonds is 5. The first-order valence-electron chi connectivity index (χ1n) is 6.52. The lowest BCUT2D eigenvalue weighted by atomic mass is 10.2. The van der Waals surface area contributed by atoms with E-state index in [1.165, 1.54) is 0 Å². The summed E-state index contributed by atoms with van der Waals surface area (Å²) in [4.78, 5) is 15.3. The third-order valence-electron chi connectivity index (χ3n) is 2.03. The fraction of sp³-hybridized carbons (Fsp3) is 0.643. The average Bonchev–Trinajstić information content (AvgIpc) is 2.26. The number of nitrogens with zero attached hydrogens (tertiary/aromatic N) is 2. The van der Waals surface area contributed by atoms with E-state index in [4.69, 9.17) is 9.05 Å². The summed E-state index contributed by atoms with van der Waals surface area (Å²) in [6.07, 6.45) is 3.27. The van der Waals surface area contributed by atoms with Crippen LogP contribution in [0.4, 0.5) is 0 Å². The summed E-state index contributed by atoms with van der Waals surface area (Å²) in [5, 5.41) is 3.23. The van der Waals surface area contributed by atoms with E-state index in [0.29, 0.717) is 0 Å². The van der Waals surface area contributed by atoms with Gasteiger partial charge < -0.3 is 9.05 Å². The Hall–Kier alpha value is -0.900. The number of pyridine rings is 1. The predicted molar refractivity (Wildman–Crippen MR) is 81.4 cm³/mol. The van der Waals surface area contributed by atoms with E-state index >= 15 is 0 Å². The van der Waals surface area contributed by atoms with Crippen molar-refractivity contribution in [2.45, 2.75) is 58.5 Å². The van der Waals surface area contributed by atoms with Crippen molar-refractivity contribution in [3.05, 3.63) is 35.0 Å². The van der Waals surface area contributed by atoms with Gasteiger partial charge in [-0.2, -0.15) is 0 Å². The van der Waals surface area contributed by atoms with Gasteiger partial charge in [-0.15, -0.1) is 4.91 Å². The first-order valence-corrected chi connectivity index (χ1v) is 7.77. The Morgan fingerprint density at radius 3 is 1.85 bits per heavy atom. The standard InChI is InChI=1S/C14H23N2O3P/c1-13(2,3)18-20(19-14(4,5)6)12(16-17)11-7-9-15-10-8-11/h7-10,12H,1-6H3. The molecule has 0 saturated carbocycles. The molecule has 0 aliphatic rings. The summed E-state index contributed by atoms with van der Waals surface area (Å²) in [7, 11) is -1.48. The molecule has 0 radical (unpaired) electrons. The Balaban J connectivity index is 3.03. The predicted octanol–water partition coefficient (Wildman–Crippen LogP) is 4.79. The lowest BCUT2D eigenvalue weighted by Gasteiger charge is -2.33. The first kappa shape index (κ1) is 17.2. The van der Waals surface area contributed by atoms with Gasteiger partial charge in [0.2, 0.25) is 8.38 Å². The van der Waals surface area contributed by atoms with E-state index in [9.17, 15) is 4.91 Å². The zero-order valence-electron chi connectivity index (χ0n) is 13.0. The molecular weight excluding hydrogens is 275 g/mol. The minimum atomic E-state index is -1.48. The molecule has 0 amide bonds. The maximum atomic E-state index is 11.3. The Bertz CT molecular complexity index is 410. The molecule has 20 heavy (non-hydrogen) atoms. The molecule has 0 bridgehead atoms. The van der Waals surface area contributed by atoms with E-state index in [2.05, 4.69) is 10.2 Å². The first-order chi connectivity index (χ1) is 9.12. The van der Waals surface area contributed by atoms with Crippen LogP contribution in [0.15, 0.2) is 29.7 Å². The zero-order chi connectivity index (χ0) is 15.4. The summed E-state index contributed by atoms with van der Waals surface area (Å²) in [5.74, 6) is -0.661. The van der Waals surface area contributed by atoms with E-state index in [-0.39, 0.29) is 0 Å². The van der Waals surface area contributed by atoms with Crippen molar-refractivity contribution in [2.24, 2.45) is 5.18 Å². The second-order valence-electron chi connectivity index (χ2n) is 6.45. The van der Waals surface area contributed by atoms with Gasteiger partial charge in [-0.1, -0.05) is 5.18 Å². The highest BCUT2D eigenvalue weighted by molar-refractivity contribution is 7.47. The quantitative estimate of drug-likeness (QED) is 0.579. The maximum absolute atomic E-state index is 11.3. The molecule has 5 nitrogen and oxygen atoms in total. The summed E-state index contributed by atoms with van der Waals surface area (Å²) in [6, 6.07) is 3.53. The Labute approximate surface area is 122 Å². The van der Waals surface area contributed by atoms with Crippen LogP contribution < -0.4 is 0 Å². The Morgan fingerprint density at radius 1 is 1.05 bits per heavy atom. The van der Waals surface area contributed by atoms with Crippen LogP contribution in [0.1, 0.15) is 52.9 Å². The van der Waals surface area contributed by atoms with Crippen LogP contribution >= 0.6 is 8.38 Å². The molecule has 0 aliphatic carbocycles. The molecule has 0 spiro atoms. The molecule has 0 saturated heterocycles. The van der Waals surface area contributed by atoms with Crippen molar-refractivity contribution < 1.29 is 9.05 Å². The second kappa shape index (κ2) is 6.70. The van der Waals surface area contributed by atoms with Crippen LogP contribution in [0.25, 0.3) is 0 Å². The molecule has 1 aromatic rings. The molecule has 1 heterocycles. The number of nitroso groups, excluding NO2 is 1. The van der Waals surface area contributed by atoms with Gasteiger partial charge in [0, 0.05) is 12.4 Å². The van der Waals surface area contributed by atoms with Crippen LogP contribution in [0.3, 0.4) is 0 Å². The van der Waals surface area contributed by atoms with E-state index in [0.717, 1.165) is 5.56 Å². The normalized spacial score (nSPS) is 14.3. The number of hydrogen-bond acceptors (Lipinski definition) is 5. The largest absolute Gasteiger partial charge is 0.326 e. The van der Waals surface area contributed by atoms with Gasteiger partial charge in [0.05, 0.1) is 11.2 Å². The van der Waals surface area contributed by atoms with Crippen LogP contribution in [0.2, 0.25) is 0 Å². The monoisotopic (exact) mass is 298 g/mol. The van der Waals surface area contributed by atoms with Gasteiger partial charge in [0.15, 0.2) is 5.78 Å². The van der Waals surface area contributed by atoms with Gasteiger partial charge in [0.25, 0.3) is 0 Å². The topological polar surface area (TPSA) is 60.8 Å². The Kier molecular flexibility index (Phi) is 5.75. The highest BCUT2D eigenvalue weighted by Gasteiger charge is 2.34. The zero-order valence-corrected chi connectivity index (χ0v) is 13.8. The van der Waals surface area contributed by atoms with Gasteiger partial charge >= 0.3 is 0 Å². The minimum Gasteiger partial charge on any atom is -0.326 e. The van der Waals surface area contributed by atoms with Gasteiger partial charge in [-0.25, -0.2) is 0 Å². The molecule has 112 valence electrons. The fourth-order valence-corrected chi connectivity index (χ4v) is 3.22. The molecule has 1 unspecified atom stereocenters. The molecule has 1 rings (SSSR count). The summed E-state index contributed by atoms with van der Waals surface area (Å²) in [5.41, 5.74) is -0.0607. The average molecular weight is 298 g/mol. The van der Waals surface area contributed by atoms with E-state index in [1.807, 2.05) is 41.5 Å². The lowest BCUT2D eigenvalue weighted by Crippen LogP contribution is -2.23. The van der Waals surface area contributed by atoms with E-state index < -0.39 is 25.4 Å². The molecule has 0 aliphatic heterocycles. The highest BCUT2D eigenvalue weighted by atomic mass is 31.2. The van der Waals surface area contributed by atoms with Gasteiger partial charge in [-0.05, 0) is 59.2 Å². The van der Waals surface area contributed by atoms with Crippen molar-refractivity contribution >= 4 is 8.38 Å². The second-order valence-corrected chi connectivity index (χ2v) is 7.88. The third-order valence-corrected chi connectivity index (χ3v) is 4.28. The molecule has 1 aromatic heterocycles. The van der Waals surface area contributed by atoms with Crippen LogP contribution in [0, 0.1) is 4.91 Å². The van der Waals surface area contributed by atoms with Gasteiger partial charge in [0.1, 0.15) is 0 Å². The molecule has 0 aromatic carbocycles. The fourth-order valence-electron chi connectivity index (χ4n) is 1.41. The molecular formula is C14H23N2O3P. The van der Waals surface area contributed by atoms with Crippen molar-refractivity contribution in [1.29, 1.82) is 0 Å². The third kappa shape index (κ3) is 6.04. The SMILES string of the molecule is CC(C)(C)OP(OC(C)(C)C)C(N=O)c1ccncc1. The molecule has 1 atom stereocenters. The van der Waals surface area contributed by atoms with Crippen molar-refractivity contribution in [2.75, 3.05) is 0 Å². The van der Waals surface area contributed by atoms with Crippen molar-refractivity contribution in [3.63, 3.8) is 0 Å². The smallest absolute Gasteiger partial charge is 0.206 e. The Morgan fingerprint density at radius 2 is 1.50 bits per heavy atom. The number of hydrogen-bond donors (Lipinski definition) is 0. The van der Waals surface area contributed by atoms with Gasteiger partial charge in [-0.3, -0.25) is 4.98 Å². The van der Waals surface area contributed by atoms with Crippen molar-refractivity contribution in [1.82, 2.24) is 4.98 Å². The summed E-state index contributed by atoms with van der Waals surface area (Å²) in [6.45, 7) is 11.6. The molecule has 0 N–H and O–H groups in total. The minimum absolute atomic E-state index is 0.410. The van der Waals surface area contributed by atoms with Crippen LogP contribution in [0.5, 0.6) is 0 Å². The molecule has 0 fully saturated rings. The van der Waals surface area contributed by atoms with Crippen LogP contribution in [-0.2, 0) is 9.05 Å². The highest BCUT2D eigenvalue weighted by Crippen LogP contribution is 2.58. The lowest BCUT2D eigenvalue weighted by molar-refractivity contribution is 0.0697. The summed E-state index contributed by atoms with van der Waals surface area (Å²) >= 11 is 0.